The van der Waals surface area contributed by atoms with Crippen LogP contribution in [0, 0.1) is 5.82 Å². The minimum absolute atomic E-state index is 0.102. The SMILES string of the molecule is Nc1ccccc1NC(=O)c1cc2cc(N3CC[C@](O)(C(=O)NCc4cc(F)cc(Cl)c4)C3=O)ccc2[nH]1. The van der Waals surface area contributed by atoms with Crippen LogP contribution in [0.1, 0.15) is 22.5 Å². The average molecular weight is 536 g/mol. The van der Waals surface area contributed by atoms with Gasteiger partial charge in [-0.15, -0.1) is 0 Å². The van der Waals surface area contributed by atoms with Gasteiger partial charge in [0.1, 0.15) is 11.5 Å². The fraction of sp³-hybridized carbons (Fsp3) is 0.148. The van der Waals surface area contributed by atoms with Crippen LogP contribution in [0.25, 0.3) is 10.9 Å². The zero-order valence-electron chi connectivity index (χ0n) is 19.9. The number of rotatable bonds is 6. The second kappa shape index (κ2) is 9.81. The van der Waals surface area contributed by atoms with E-state index in [4.69, 9.17) is 17.3 Å². The normalized spacial score (nSPS) is 17.1. The van der Waals surface area contributed by atoms with Crippen LogP contribution in [0.5, 0.6) is 0 Å². The van der Waals surface area contributed by atoms with Crippen molar-refractivity contribution in [2.45, 2.75) is 18.6 Å². The zero-order chi connectivity index (χ0) is 27.0. The van der Waals surface area contributed by atoms with Crippen LogP contribution in [-0.2, 0) is 16.1 Å². The molecular weight excluding hydrogens is 513 g/mol. The van der Waals surface area contributed by atoms with Crippen molar-refractivity contribution >= 4 is 57.3 Å². The Hall–Kier alpha value is -4.41. The van der Waals surface area contributed by atoms with Gasteiger partial charge < -0.3 is 31.4 Å². The molecular formula is C27H23ClFN5O4. The standard InChI is InChI=1S/C27H23ClFN5O4/c28-17-9-15(10-18(29)13-17)14-31-25(36)27(38)7-8-34(26(27)37)19-5-6-21-16(11-19)12-23(32-21)24(35)33-22-4-2-1-3-20(22)30/h1-6,9-13,32,38H,7-8,14,30H2,(H,31,36)(H,33,35)/t27-/m0/s1. The molecule has 1 atom stereocenters. The number of amides is 3. The molecule has 5 rings (SSSR count). The number of nitrogens with one attached hydrogen (secondary N) is 3. The minimum Gasteiger partial charge on any atom is -0.397 e. The highest BCUT2D eigenvalue weighted by atomic mass is 35.5. The number of aromatic amines is 1. The van der Waals surface area contributed by atoms with Gasteiger partial charge in [0.15, 0.2) is 0 Å². The maximum atomic E-state index is 13.6. The lowest BCUT2D eigenvalue weighted by atomic mass is 10.0. The summed E-state index contributed by atoms with van der Waals surface area (Å²) in [5.74, 6) is -2.61. The highest BCUT2D eigenvalue weighted by molar-refractivity contribution is 6.30. The van der Waals surface area contributed by atoms with Gasteiger partial charge in [0.25, 0.3) is 17.7 Å². The lowest BCUT2D eigenvalue weighted by molar-refractivity contribution is -0.149. The molecule has 2 heterocycles. The molecule has 6 N–H and O–H groups in total. The van der Waals surface area contributed by atoms with Crippen LogP contribution in [0.15, 0.2) is 66.7 Å². The number of nitrogens with two attached hydrogens (primary N) is 1. The monoisotopic (exact) mass is 535 g/mol. The van der Waals surface area contributed by atoms with E-state index < -0.39 is 23.2 Å². The van der Waals surface area contributed by atoms with Gasteiger partial charge in [0.2, 0.25) is 5.60 Å². The number of hydrogen-bond donors (Lipinski definition) is 5. The number of hydrogen-bond acceptors (Lipinski definition) is 5. The lowest BCUT2D eigenvalue weighted by Crippen LogP contribution is -2.52. The maximum absolute atomic E-state index is 13.6. The van der Waals surface area contributed by atoms with Crippen LogP contribution in [-0.4, -0.2) is 40.0 Å². The summed E-state index contributed by atoms with van der Waals surface area (Å²) in [5.41, 5.74) is 6.34. The van der Waals surface area contributed by atoms with Crippen molar-refractivity contribution in [3.8, 4) is 0 Å². The van der Waals surface area contributed by atoms with Crippen molar-refractivity contribution in [1.82, 2.24) is 10.3 Å². The van der Waals surface area contributed by atoms with Gasteiger partial charge in [0.05, 0.1) is 11.4 Å². The van der Waals surface area contributed by atoms with Gasteiger partial charge in [-0.2, -0.15) is 0 Å². The predicted molar refractivity (Wildman–Crippen MR) is 142 cm³/mol. The first-order valence-corrected chi connectivity index (χ1v) is 12.1. The van der Waals surface area contributed by atoms with Gasteiger partial charge in [-0.05, 0) is 60.2 Å². The molecule has 1 aliphatic heterocycles. The summed E-state index contributed by atoms with van der Waals surface area (Å²) in [7, 11) is 0. The highest BCUT2D eigenvalue weighted by Gasteiger charge is 2.51. The van der Waals surface area contributed by atoms with Crippen LogP contribution in [0.4, 0.5) is 21.5 Å². The van der Waals surface area contributed by atoms with E-state index in [0.717, 1.165) is 6.07 Å². The summed E-state index contributed by atoms with van der Waals surface area (Å²) in [5, 5.41) is 17.0. The van der Waals surface area contributed by atoms with Crippen molar-refractivity contribution in [2.75, 3.05) is 22.5 Å². The summed E-state index contributed by atoms with van der Waals surface area (Å²) < 4.78 is 13.6. The molecule has 4 aromatic rings. The molecule has 194 valence electrons. The number of nitrogen functional groups attached to an aromatic ring is 1. The number of carbonyl (C=O) groups excluding carboxylic acids is 3. The minimum atomic E-state index is -2.27. The molecule has 1 aliphatic rings. The third-order valence-corrected chi connectivity index (χ3v) is 6.64. The summed E-state index contributed by atoms with van der Waals surface area (Å²) >= 11 is 5.84. The van der Waals surface area contributed by atoms with Crippen molar-refractivity contribution < 1.29 is 23.9 Å². The van der Waals surface area contributed by atoms with Crippen molar-refractivity contribution in [1.29, 1.82) is 0 Å². The number of benzene rings is 3. The first-order chi connectivity index (χ1) is 18.1. The second-order valence-corrected chi connectivity index (χ2v) is 9.46. The smallest absolute Gasteiger partial charge is 0.272 e. The van der Waals surface area contributed by atoms with Crippen molar-refractivity contribution in [3.63, 3.8) is 0 Å². The predicted octanol–water partition coefficient (Wildman–Crippen LogP) is 3.58. The van der Waals surface area contributed by atoms with E-state index in [1.54, 1.807) is 48.5 Å². The van der Waals surface area contributed by atoms with E-state index in [1.807, 2.05) is 0 Å². The molecule has 1 aromatic heterocycles. The lowest BCUT2D eigenvalue weighted by Gasteiger charge is -2.22. The number of aliphatic hydroxyl groups is 1. The van der Waals surface area contributed by atoms with Gasteiger partial charge in [-0.25, -0.2) is 4.39 Å². The Bertz CT molecular complexity index is 1570. The van der Waals surface area contributed by atoms with E-state index in [-0.39, 0.29) is 30.4 Å². The molecule has 3 aromatic carbocycles. The number of para-hydroxylation sites is 2. The molecule has 38 heavy (non-hydrogen) atoms. The van der Waals surface area contributed by atoms with E-state index in [9.17, 15) is 23.9 Å². The average Bonchev–Trinajstić information content (AvgIpc) is 3.44. The van der Waals surface area contributed by atoms with Gasteiger partial charge >= 0.3 is 0 Å². The second-order valence-electron chi connectivity index (χ2n) is 9.02. The Morgan fingerprint density at radius 2 is 1.92 bits per heavy atom. The Morgan fingerprint density at radius 1 is 1.13 bits per heavy atom. The number of aromatic nitrogens is 1. The Morgan fingerprint density at radius 3 is 2.68 bits per heavy atom. The molecule has 0 bridgehead atoms. The molecule has 0 saturated carbocycles. The van der Waals surface area contributed by atoms with Crippen LogP contribution >= 0.6 is 11.6 Å². The first-order valence-electron chi connectivity index (χ1n) is 11.7. The van der Waals surface area contributed by atoms with E-state index >= 15 is 0 Å². The van der Waals surface area contributed by atoms with E-state index in [1.165, 1.54) is 17.0 Å². The number of carbonyl (C=O) groups is 3. The molecule has 0 aliphatic carbocycles. The van der Waals surface area contributed by atoms with Gasteiger partial charge in [0, 0.05) is 41.1 Å². The number of fused-ring (bicyclic) bond motifs is 1. The number of anilines is 3. The molecule has 0 spiro atoms. The fourth-order valence-electron chi connectivity index (χ4n) is 4.41. The number of H-pyrrole nitrogens is 1. The van der Waals surface area contributed by atoms with Crippen LogP contribution in [0.2, 0.25) is 5.02 Å². The van der Waals surface area contributed by atoms with E-state index in [0.29, 0.717) is 39.2 Å². The van der Waals surface area contributed by atoms with Crippen molar-refractivity contribution in [3.05, 3.63) is 88.8 Å². The molecule has 0 unspecified atom stereocenters. The summed E-state index contributed by atoms with van der Waals surface area (Å²) in [4.78, 5) is 43.0. The third kappa shape index (κ3) is 4.79. The van der Waals surface area contributed by atoms with Crippen LogP contribution < -0.4 is 21.3 Å². The van der Waals surface area contributed by atoms with Crippen LogP contribution in [0.3, 0.4) is 0 Å². The topological polar surface area (TPSA) is 141 Å². The molecule has 1 fully saturated rings. The largest absolute Gasteiger partial charge is 0.397 e. The zero-order valence-corrected chi connectivity index (χ0v) is 20.7. The maximum Gasteiger partial charge on any atom is 0.272 e. The molecule has 9 nitrogen and oxygen atoms in total. The highest BCUT2D eigenvalue weighted by Crippen LogP contribution is 2.31. The summed E-state index contributed by atoms with van der Waals surface area (Å²) in [6.45, 7) is -0.00815. The fourth-order valence-corrected chi connectivity index (χ4v) is 4.66. The quantitative estimate of drug-likeness (QED) is 0.190. The van der Waals surface area contributed by atoms with E-state index in [2.05, 4.69) is 15.6 Å². The van der Waals surface area contributed by atoms with Gasteiger partial charge in [-0.1, -0.05) is 23.7 Å². The summed E-state index contributed by atoms with van der Waals surface area (Å²) in [6.07, 6.45) is -0.126. The molecule has 11 heteroatoms. The molecule has 0 radical (unpaired) electrons. The first kappa shape index (κ1) is 25.2. The number of nitrogens with zero attached hydrogens (tertiary/aromatic N) is 1. The number of halogens is 2. The summed E-state index contributed by atoms with van der Waals surface area (Å²) in [6, 6.07) is 17.4. The molecule has 1 saturated heterocycles. The van der Waals surface area contributed by atoms with Gasteiger partial charge in [-0.3, -0.25) is 14.4 Å². The molecule has 3 amide bonds. The Balaban J connectivity index is 1.30. The van der Waals surface area contributed by atoms with Crippen molar-refractivity contribution in [2.24, 2.45) is 0 Å². The third-order valence-electron chi connectivity index (χ3n) is 6.42. The Labute approximate surface area is 221 Å². The Kier molecular flexibility index (Phi) is 6.52.